The van der Waals surface area contributed by atoms with Crippen molar-refractivity contribution in [3.63, 3.8) is 0 Å². The molecule has 0 heterocycles. The number of benzene rings is 1. The standard InChI is InChI=1S/C10H17N3O2/c11-8-1-2-9(12)10(7-8)13(3-5-14)4-6-15/h1-2,7,14-15H,3-6,11-12H2. The molecule has 15 heavy (non-hydrogen) atoms. The van der Waals surface area contributed by atoms with E-state index in [4.69, 9.17) is 21.7 Å². The minimum absolute atomic E-state index is 0.00817. The predicted molar refractivity (Wildman–Crippen MR) is 61.7 cm³/mol. The topological polar surface area (TPSA) is 95.7 Å². The fourth-order valence-electron chi connectivity index (χ4n) is 1.43. The average molecular weight is 211 g/mol. The van der Waals surface area contributed by atoms with Gasteiger partial charge in [-0.2, -0.15) is 0 Å². The summed E-state index contributed by atoms with van der Waals surface area (Å²) in [6, 6.07) is 5.17. The first-order chi connectivity index (χ1) is 7.19. The highest BCUT2D eigenvalue weighted by molar-refractivity contribution is 5.72. The number of hydrogen-bond acceptors (Lipinski definition) is 5. The minimum atomic E-state index is 0.00817. The predicted octanol–water partition coefficient (Wildman–Crippen LogP) is -0.358. The van der Waals surface area contributed by atoms with Crippen LogP contribution in [-0.2, 0) is 0 Å². The molecular weight excluding hydrogens is 194 g/mol. The molecule has 5 heteroatoms. The van der Waals surface area contributed by atoms with Gasteiger partial charge in [0.05, 0.1) is 24.6 Å². The molecule has 1 aromatic carbocycles. The first-order valence-corrected chi connectivity index (χ1v) is 4.80. The van der Waals surface area contributed by atoms with Gasteiger partial charge in [-0.1, -0.05) is 0 Å². The third-order valence-electron chi connectivity index (χ3n) is 2.14. The number of nitrogen functional groups attached to an aromatic ring is 2. The molecule has 0 aliphatic carbocycles. The molecule has 0 aliphatic rings. The molecule has 0 aliphatic heterocycles. The lowest BCUT2D eigenvalue weighted by Gasteiger charge is -2.24. The van der Waals surface area contributed by atoms with Crippen molar-refractivity contribution >= 4 is 17.1 Å². The van der Waals surface area contributed by atoms with Crippen LogP contribution in [-0.4, -0.2) is 36.5 Å². The van der Waals surface area contributed by atoms with Crippen LogP contribution in [0.2, 0.25) is 0 Å². The van der Waals surface area contributed by atoms with E-state index < -0.39 is 0 Å². The number of hydrogen-bond donors (Lipinski definition) is 4. The van der Waals surface area contributed by atoms with Gasteiger partial charge in [-0.3, -0.25) is 0 Å². The molecule has 0 fully saturated rings. The van der Waals surface area contributed by atoms with Crippen molar-refractivity contribution in [3.05, 3.63) is 18.2 Å². The van der Waals surface area contributed by atoms with Gasteiger partial charge in [0, 0.05) is 18.8 Å². The summed E-state index contributed by atoms with van der Waals surface area (Å²) in [6.07, 6.45) is 0. The van der Waals surface area contributed by atoms with Crippen LogP contribution in [0.4, 0.5) is 17.1 Å². The Kier molecular flexibility index (Phi) is 4.20. The van der Waals surface area contributed by atoms with E-state index in [-0.39, 0.29) is 13.2 Å². The molecule has 0 saturated heterocycles. The Labute approximate surface area is 88.9 Å². The summed E-state index contributed by atoms with van der Waals surface area (Å²) in [5.41, 5.74) is 13.4. The molecule has 0 aromatic heterocycles. The molecule has 1 aromatic rings. The van der Waals surface area contributed by atoms with Crippen molar-refractivity contribution < 1.29 is 10.2 Å². The van der Waals surface area contributed by atoms with Gasteiger partial charge in [-0.25, -0.2) is 0 Å². The second-order valence-electron chi connectivity index (χ2n) is 3.25. The fraction of sp³-hybridized carbons (Fsp3) is 0.400. The van der Waals surface area contributed by atoms with Crippen molar-refractivity contribution in [2.45, 2.75) is 0 Å². The van der Waals surface area contributed by atoms with Gasteiger partial charge in [0.1, 0.15) is 0 Å². The smallest absolute Gasteiger partial charge is 0.0622 e. The third kappa shape index (κ3) is 3.00. The summed E-state index contributed by atoms with van der Waals surface area (Å²) < 4.78 is 0. The van der Waals surface area contributed by atoms with E-state index in [1.165, 1.54) is 0 Å². The van der Waals surface area contributed by atoms with Gasteiger partial charge in [0.15, 0.2) is 0 Å². The first-order valence-electron chi connectivity index (χ1n) is 4.80. The summed E-state index contributed by atoms with van der Waals surface area (Å²) in [6.45, 7) is 0.866. The van der Waals surface area contributed by atoms with Crippen molar-refractivity contribution in [2.24, 2.45) is 0 Å². The zero-order chi connectivity index (χ0) is 11.3. The summed E-state index contributed by atoms with van der Waals surface area (Å²) in [5.74, 6) is 0. The molecule has 0 saturated carbocycles. The van der Waals surface area contributed by atoms with Crippen molar-refractivity contribution in [3.8, 4) is 0 Å². The molecule has 0 radical (unpaired) electrons. The Morgan fingerprint density at radius 1 is 1.07 bits per heavy atom. The normalized spacial score (nSPS) is 10.3. The van der Waals surface area contributed by atoms with Crippen LogP contribution in [0.3, 0.4) is 0 Å². The zero-order valence-corrected chi connectivity index (χ0v) is 8.56. The summed E-state index contributed by atoms with van der Waals surface area (Å²) in [7, 11) is 0. The van der Waals surface area contributed by atoms with Crippen LogP contribution in [0.15, 0.2) is 18.2 Å². The molecule has 6 N–H and O–H groups in total. The Balaban J connectivity index is 2.93. The number of aliphatic hydroxyl groups excluding tert-OH is 2. The Morgan fingerprint density at radius 2 is 1.67 bits per heavy atom. The van der Waals surface area contributed by atoms with Crippen LogP contribution < -0.4 is 16.4 Å². The van der Waals surface area contributed by atoms with Gasteiger partial charge < -0.3 is 26.6 Å². The van der Waals surface area contributed by atoms with Crippen LogP contribution in [0.1, 0.15) is 0 Å². The molecule has 5 nitrogen and oxygen atoms in total. The van der Waals surface area contributed by atoms with E-state index in [9.17, 15) is 0 Å². The van der Waals surface area contributed by atoms with Crippen molar-refractivity contribution in [1.29, 1.82) is 0 Å². The number of anilines is 3. The van der Waals surface area contributed by atoms with E-state index in [0.717, 1.165) is 5.69 Å². The van der Waals surface area contributed by atoms with Crippen LogP contribution >= 0.6 is 0 Å². The van der Waals surface area contributed by atoms with Crippen molar-refractivity contribution in [2.75, 3.05) is 42.7 Å². The molecule has 0 bridgehead atoms. The fourth-order valence-corrected chi connectivity index (χ4v) is 1.43. The Hall–Kier alpha value is -1.46. The SMILES string of the molecule is Nc1ccc(N)c(N(CCO)CCO)c1. The monoisotopic (exact) mass is 211 g/mol. The van der Waals surface area contributed by atoms with E-state index in [0.29, 0.717) is 24.5 Å². The molecule has 0 amide bonds. The van der Waals surface area contributed by atoms with E-state index in [2.05, 4.69) is 0 Å². The molecule has 0 atom stereocenters. The van der Waals surface area contributed by atoms with Gasteiger partial charge in [-0.15, -0.1) is 0 Å². The second kappa shape index (κ2) is 5.43. The lowest BCUT2D eigenvalue weighted by molar-refractivity contribution is 0.281. The lowest BCUT2D eigenvalue weighted by atomic mass is 10.2. The maximum absolute atomic E-state index is 8.89. The highest BCUT2D eigenvalue weighted by Crippen LogP contribution is 2.25. The largest absolute Gasteiger partial charge is 0.399 e. The third-order valence-corrected chi connectivity index (χ3v) is 2.14. The number of rotatable bonds is 5. The zero-order valence-electron chi connectivity index (χ0n) is 8.56. The molecular formula is C10H17N3O2. The quantitative estimate of drug-likeness (QED) is 0.499. The second-order valence-corrected chi connectivity index (χ2v) is 3.25. The van der Waals surface area contributed by atoms with Crippen molar-refractivity contribution in [1.82, 2.24) is 0 Å². The highest BCUT2D eigenvalue weighted by atomic mass is 16.3. The summed E-state index contributed by atoms with van der Waals surface area (Å²) in [4.78, 5) is 1.80. The maximum Gasteiger partial charge on any atom is 0.0622 e. The molecule has 0 unspecified atom stereocenters. The molecule has 84 valence electrons. The average Bonchev–Trinajstić information content (AvgIpc) is 2.21. The van der Waals surface area contributed by atoms with Crippen LogP contribution in [0, 0.1) is 0 Å². The summed E-state index contributed by atoms with van der Waals surface area (Å²) in [5, 5.41) is 17.8. The Bertz CT molecular complexity index is 312. The van der Waals surface area contributed by atoms with Crippen LogP contribution in [0.25, 0.3) is 0 Å². The van der Waals surface area contributed by atoms with E-state index in [1.807, 2.05) is 0 Å². The number of nitrogens with two attached hydrogens (primary N) is 2. The lowest BCUT2D eigenvalue weighted by Crippen LogP contribution is -2.30. The summed E-state index contributed by atoms with van der Waals surface area (Å²) >= 11 is 0. The molecule has 0 spiro atoms. The minimum Gasteiger partial charge on any atom is -0.399 e. The van der Waals surface area contributed by atoms with Gasteiger partial charge >= 0.3 is 0 Å². The Morgan fingerprint density at radius 3 is 2.20 bits per heavy atom. The van der Waals surface area contributed by atoms with Gasteiger partial charge in [0.25, 0.3) is 0 Å². The number of nitrogens with zero attached hydrogens (tertiary/aromatic N) is 1. The van der Waals surface area contributed by atoms with E-state index >= 15 is 0 Å². The maximum atomic E-state index is 8.89. The van der Waals surface area contributed by atoms with E-state index in [1.54, 1.807) is 23.1 Å². The molecule has 1 rings (SSSR count). The number of aliphatic hydroxyl groups is 2. The van der Waals surface area contributed by atoms with Gasteiger partial charge in [-0.05, 0) is 18.2 Å². The van der Waals surface area contributed by atoms with Crippen LogP contribution in [0.5, 0.6) is 0 Å². The first kappa shape index (κ1) is 11.6. The van der Waals surface area contributed by atoms with Gasteiger partial charge in [0.2, 0.25) is 0 Å². The highest BCUT2D eigenvalue weighted by Gasteiger charge is 2.08.